The van der Waals surface area contributed by atoms with Gasteiger partial charge < -0.3 is 15.4 Å². The van der Waals surface area contributed by atoms with Crippen molar-refractivity contribution in [2.24, 2.45) is 0 Å². The van der Waals surface area contributed by atoms with Crippen LogP contribution in [0.1, 0.15) is 55.3 Å². The fraction of sp³-hybridized carbons (Fsp3) is 0.409. The molecule has 0 aliphatic heterocycles. The predicted molar refractivity (Wildman–Crippen MR) is 113 cm³/mol. The molecule has 4 heteroatoms. The molecule has 0 aromatic heterocycles. The summed E-state index contributed by atoms with van der Waals surface area (Å²) in [6.45, 7) is 6.39. The highest BCUT2D eigenvalue weighted by atomic mass is 32.1. The van der Waals surface area contributed by atoms with Crippen molar-refractivity contribution in [3.8, 4) is 5.75 Å². The topological polar surface area (TPSA) is 33.3 Å². The van der Waals surface area contributed by atoms with Crippen LogP contribution in [0.25, 0.3) is 0 Å². The minimum absolute atomic E-state index is 0.152. The maximum absolute atomic E-state index is 6.00. The minimum atomic E-state index is 0.152. The van der Waals surface area contributed by atoms with Crippen LogP contribution in [0.4, 0.5) is 5.69 Å². The summed E-state index contributed by atoms with van der Waals surface area (Å²) in [4.78, 5) is 0. The molecule has 138 valence electrons. The molecule has 0 amide bonds. The molecule has 1 atom stereocenters. The molecule has 3 rings (SSSR count). The van der Waals surface area contributed by atoms with Gasteiger partial charge in [0.2, 0.25) is 0 Å². The zero-order chi connectivity index (χ0) is 18.5. The first kappa shape index (κ1) is 18.7. The summed E-state index contributed by atoms with van der Waals surface area (Å²) in [5.41, 5.74) is 4.81. The van der Waals surface area contributed by atoms with Crippen molar-refractivity contribution in [2.75, 3.05) is 5.32 Å². The second-order valence-electron chi connectivity index (χ2n) is 7.21. The van der Waals surface area contributed by atoms with Crippen molar-refractivity contribution in [2.45, 2.75) is 58.6 Å². The average molecular weight is 369 g/mol. The van der Waals surface area contributed by atoms with Gasteiger partial charge in [-0.1, -0.05) is 18.2 Å². The van der Waals surface area contributed by atoms with Crippen LogP contribution in [0.2, 0.25) is 0 Å². The monoisotopic (exact) mass is 368 g/mol. The molecule has 1 saturated carbocycles. The lowest BCUT2D eigenvalue weighted by Gasteiger charge is -2.19. The Kier molecular flexibility index (Phi) is 6.15. The minimum Gasteiger partial charge on any atom is -0.490 e. The number of nitrogens with one attached hydrogen (secondary N) is 2. The third-order valence-electron chi connectivity index (χ3n) is 5.10. The van der Waals surface area contributed by atoms with Gasteiger partial charge >= 0.3 is 0 Å². The van der Waals surface area contributed by atoms with E-state index in [1.165, 1.54) is 42.4 Å². The maximum atomic E-state index is 6.00. The fourth-order valence-electron chi connectivity index (χ4n) is 3.30. The summed E-state index contributed by atoms with van der Waals surface area (Å²) in [5, 5.41) is 7.23. The Hall–Kier alpha value is -2.07. The number of anilines is 1. The van der Waals surface area contributed by atoms with E-state index in [0.717, 1.165) is 11.4 Å². The maximum Gasteiger partial charge on any atom is 0.171 e. The van der Waals surface area contributed by atoms with E-state index in [1.54, 1.807) is 0 Å². The number of aryl methyl sites for hydroxylation is 2. The van der Waals surface area contributed by atoms with Gasteiger partial charge in [-0.25, -0.2) is 0 Å². The third kappa shape index (κ3) is 4.98. The Morgan fingerprint density at radius 2 is 1.73 bits per heavy atom. The van der Waals surface area contributed by atoms with Gasteiger partial charge in [-0.05, 0) is 99.6 Å². The molecular weight excluding hydrogens is 340 g/mol. The second-order valence-corrected chi connectivity index (χ2v) is 7.62. The van der Waals surface area contributed by atoms with Gasteiger partial charge in [0.05, 0.1) is 12.1 Å². The average Bonchev–Trinajstić information content (AvgIpc) is 3.12. The van der Waals surface area contributed by atoms with Crippen molar-refractivity contribution in [3.63, 3.8) is 0 Å². The Balaban J connectivity index is 1.52. The SMILES string of the molecule is Cc1ccc([C@@H](C)NC(=S)Nc2ccc(OC3CCCC3)cc2)cc1C. The first-order chi connectivity index (χ1) is 12.5. The Labute approximate surface area is 162 Å². The molecule has 0 heterocycles. The Morgan fingerprint density at radius 1 is 1.04 bits per heavy atom. The van der Waals surface area contributed by atoms with E-state index in [4.69, 9.17) is 17.0 Å². The van der Waals surface area contributed by atoms with Crippen LogP contribution >= 0.6 is 12.2 Å². The van der Waals surface area contributed by atoms with Gasteiger partial charge in [-0.2, -0.15) is 0 Å². The highest BCUT2D eigenvalue weighted by molar-refractivity contribution is 7.80. The lowest BCUT2D eigenvalue weighted by molar-refractivity contribution is 0.210. The Bertz CT molecular complexity index is 751. The number of thiocarbonyl (C=S) groups is 1. The van der Waals surface area contributed by atoms with Crippen LogP contribution in [0.3, 0.4) is 0 Å². The van der Waals surface area contributed by atoms with Gasteiger partial charge in [0.15, 0.2) is 5.11 Å². The van der Waals surface area contributed by atoms with E-state index >= 15 is 0 Å². The van der Waals surface area contributed by atoms with Gasteiger partial charge in [-0.15, -0.1) is 0 Å². The molecule has 2 N–H and O–H groups in total. The first-order valence-corrected chi connectivity index (χ1v) is 9.83. The molecule has 0 radical (unpaired) electrons. The molecule has 0 bridgehead atoms. The van der Waals surface area contributed by atoms with E-state index in [2.05, 4.69) is 49.6 Å². The van der Waals surface area contributed by atoms with Crippen LogP contribution in [0.15, 0.2) is 42.5 Å². The van der Waals surface area contributed by atoms with Crippen molar-refractivity contribution in [3.05, 3.63) is 59.2 Å². The lowest BCUT2D eigenvalue weighted by Crippen LogP contribution is -2.30. The van der Waals surface area contributed by atoms with Crippen molar-refractivity contribution in [1.82, 2.24) is 5.32 Å². The zero-order valence-electron chi connectivity index (χ0n) is 15.8. The number of benzene rings is 2. The lowest BCUT2D eigenvalue weighted by atomic mass is 10.0. The zero-order valence-corrected chi connectivity index (χ0v) is 16.7. The number of ether oxygens (including phenoxy) is 1. The van der Waals surface area contributed by atoms with E-state index in [0.29, 0.717) is 11.2 Å². The smallest absolute Gasteiger partial charge is 0.171 e. The van der Waals surface area contributed by atoms with Crippen LogP contribution in [-0.4, -0.2) is 11.2 Å². The van der Waals surface area contributed by atoms with Crippen molar-refractivity contribution < 1.29 is 4.74 Å². The van der Waals surface area contributed by atoms with Crippen molar-refractivity contribution >= 4 is 23.0 Å². The quantitative estimate of drug-likeness (QED) is 0.666. The molecule has 1 aliphatic rings. The third-order valence-corrected chi connectivity index (χ3v) is 5.32. The van der Waals surface area contributed by atoms with E-state index in [9.17, 15) is 0 Å². The summed E-state index contributed by atoms with van der Waals surface area (Å²) in [6.07, 6.45) is 5.29. The predicted octanol–water partition coefficient (Wildman–Crippen LogP) is 5.67. The molecule has 0 spiro atoms. The van der Waals surface area contributed by atoms with Crippen LogP contribution in [0.5, 0.6) is 5.75 Å². The molecule has 1 aliphatic carbocycles. The molecule has 0 unspecified atom stereocenters. The van der Waals surface area contributed by atoms with Crippen LogP contribution in [-0.2, 0) is 0 Å². The molecular formula is C22H28N2OS. The van der Waals surface area contributed by atoms with Gasteiger partial charge in [0.25, 0.3) is 0 Å². The molecule has 3 nitrogen and oxygen atoms in total. The standard InChI is InChI=1S/C22H28N2OS/c1-15-8-9-18(14-16(15)2)17(3)23-22(26)24-19-10-12-21(13-11-19)25-20-6-4-5-7-20/h8-14,17,20H,4-7H2,1-3H3,(H2,23,24,26)/t17-/m1/s1. The molecule has 0 saturated heterocycles. The van der Waals surface area contributed by atoms with Crippen LogP contribution < -0.4 is 15.4 Å². The molecule has 2 aromatic carbocycles. The van der Waals surface area contributed by atoms with Crippen LogP contribution in [0, 0.1) is 13.8 Å². The molecule has 1 fully saturated rings. The number of hydrogen-bond acceptors (Lipinski definition) is 2. The highest BCUT2D eigenvalue weighted by Crippen LogP contribution is 2.25. The van der Waals surface area contributed by atoms with Gasteiger partial charge in [-0.3, -0.25) is 0 Å². The summed E-state index contributed by atoms with van der Waals surface area (Å²) in [6, 6.07) is 14.7. The fourth-order valence-corrected chi connectivity index (χ4v) is 3.59. The normalized spacial score (nSPS) is 15.5. The molecule has 26 heavy (non-hydrogen) atoms. The first-order valence-electron chi connectivity index (χ1n) is 9.42. The summed E-state index contributed by atoms with van der Waals surface area (Å²) < 4.78 is 6.00. The van der Waals surface area contributed by atoms with Gasteiger partial charge in [0, 0.05) is 5.69 Å². The van der Waals surface area contributed by atoms with E-state index < -0.39 is 0 Å². The van der Waals surface area contributed by atoms with E-state index in [-0.39, 0.29) is 6.04 Å². The second kappa shape index (κ2) is 8.54. The number of hydrogen-bond donors (Lipinski definition) is 2. The largest absolute Gasteiger partial charge is 0.490 e. The van der Waals surface area contributed by atoms with Gasteiger partial charge in [0.1, 0.15) is 5.75 Å². The summed E-state index contributed by atoms with van der Waals surface area (Å²) in [5.74, 6) is 0.935. The highest BCUT2D eigenvalue weighted by Gasteiger charge is 2.16. The number of rotatable bonds is 5. The molecule has 2 aromatic rings. The van der Waals surface area contributed by atoms with E-state index in [1.807, 2.05) is 24.3 Å². The summed E-state index contributed by atoms with van der Waals surface area (Å²) >= 11 is 5.47. The Morgan fingerprint density at radius 3 is 2.38 bits per heavy atom. The summed E-state index contributed by atoms with van der Waals surface area (Å²) in [7, 11) is 0. The van der Waals surface area contributed by atoms with Crippen molar-refractivity contribution in [1.29, 1.82) is 0 Å².